The molecule has 3 aromatic rings. The van der Waals surface area contributed by atoms with Gasteiger partial charge >= 0.3 is 0 Å². The molecular formula is C24H28N4O. The molecule has 0 bridgehead atoms. The molecule has 2 heterocycles. The Hall–Kier alpha value is -2.66. The lowest BCUT2D eigenvalue weighted by Crippen LogP contribution is -2.47. The molecule has 150 valence electrons. The number of hydrogen-bond donors (Lipinski definition) is 2. The SMILES string of the molecule is NC(=O)c1cccc2cn(-c3ccc(C4(C5CCCC5)CCCNC4)cc3)nc12. The molecule has 2 aliphatic rings. The third kappa shape index (κ3) is 3.14. The van der Waals surface area contributed by atoms with E-state index in [4.69, 9.17) is 5.73 Å². The highest BCUT2D eigenvalue weighted by Gasteiger charge is 2.42. The molecule has 5 nitrogen and oxygen atoms in total. The van der Waals surface area contributed by atoms with Gasteiger partial charge in [-0.1, -0.05) is 37.1 Å². The molecule has 29 heavy (non-hydrogen) atoms. The van der Waals surface area contributed by atoms with Crippen LogP contribution in [0.1, 0.15) is 54.4 Å². The monoisotopic (exact) mass is 388 g/mol. The Kier molecular flexibility index (Phi) is 4.63. The van der Waals surface area contributed by atoms with Crippen molar-refractivity contribution in [3.63, 3.8) is 0 Å². The number of primary amides is 1. The van der Waals surface area contributed by atoms with Gasteiger partial charge in [-0.15, -0.1) is 0 Å². The molecule has 5 rings (SSSR count). The van der Waals surface area contributed by atoms with Gasteiger partial charge in [-0.05, 0) is 61.9 Å². The van der Waals surface area contributed by atoms with Crippen molar-refractivity contribution in [2.24, 2.45) is 11.7 Å². The standard InChI is InChI=1S/C24H28N4O/c25-23(29)21-8-3-5-17-15-28(27-22(17)21)20-11-9-19(10-12-20)24(13-4-14-26-16-24)18-6-1-2-7-18/h3,5,8-12,15,18,26H,1-2,4,6-7,13-14,16H2,(H2,25,29). The van der Waals surface area contributed by atoms with E-state index in [9.17, 15) is 4.79 Å². The highest BCUT2D eigenvalue weighted by atomic mass is 16.1. The van der Waals surface area contributed by atoms with E-state index in [2.05, 4.69) is 34.7 Å². The van der Waals surface area contributed by atoms with Gasteiger partial charge in [0.2, 0.25) is 0 Å². The van der Waals surface area contributed by atoms with Gasteiger partial charge in [0.1, 0.15) is 5.52 Å². The fraction of sp³-hybridized carbons (Fsp3) is 0.417. The number of nitrogens with zero attached hydrogens (tertiary/aromatic N) is 2. The number of fused-ring (bicyclic) bond motifs is 1. The van der Waals surface area contributed by atoms with E-state index in [0.29, 0.717) is 11.1 Å². The molecule has 1 unspecified atom stereocenters. The van der Waals surface area contributed by atoms with Gasteiger partial charge < -0.3 is 11.1 Å². The molecule has 1 aliphatic carbocycles. The summed E-state index contributed by atoms with van der Waals surface area (Å²) >= 11 is 0. The lowest BCUT2D eigenvalue weighted by molar-refractivity contribution is 0.100. The molecule has 5 heteroatoms. The smallest absolute Gasteiger partial charge is 0.250 e. The lowest BCUT2D eigenvalue weighted by atomic mass is 9.65. The summed E-state index contributed by atoms with van der Waals surface area (Å²) in [5, 5.41) is 9.24. The molecule has 3 N–H and O–H groups in total. The maximum atomic E-state index is 11.7. The number of rotatable bonds is 4. The summed E-state index contributed by atoms with van der Waals surface area (Å²) in [4.78, 5) is 11.7. The molecule has 0 radical (unpaired) electrons. The Bertz CT molecular complexity index is 1020. The molecule has 1 saturated carbocycles. The molecule has 2 aromatic carbocycles. The number of carbonyl (C=O) groups excluding carboxylic acids is 1. The summed E-state index contributed by atoms with van der Waals surface area (Å²) in [5.74, 6) is 0.339. The molecule has 0 spiro atoms. The van der Waals surface area contributed by atoms with Gasteiger partial charge in [0, 0.05) is 23.5 Å². The van der Waals surface area contributed by atoms with Crippen molar-refractivity contribution < 1.29 is 4.79 Å². The van der Waals surface area contributed by atoms with E-state index in [1.165, 1.54) is 44.1 Å². The quantitative estimate of drug-likeness (QED) is 0.711. The molecular weight excluding hydrogens is 360 g/mol. The third-order valence-electron chi connectivity index (χ3n) is 7.06. The average molecular weight is 389 g/mol. The van der Waals surface area contributed by atoms with Gasteiger partial charge in [0.15, 0.2) is 0 Å². The normalized spacial score (nSPS) is 22.9. The first kappa shape index (κ1) is 18.4. The fourth-order valence-electron chi connectivity index (χ4n) is 5.56. The van der Waals surface area contributed by atoms with E-state index >= 15 is 0 Å². The Labute approximate surface area is 171 Å². The Morgan fingerprint density at radius 1 is 1.10 bits per heavy atom. The first-order valence-corrected chi connectivity index (χ1v) is 10.8. The van der Waals surface area contributed by atoms with Gasteiger partial charge in [-0.2, -0.15) is 5.10 Å². The summed E-state index contributed by atoms with van der Waals surface area (Å²) in [6, 6.07) is 14.4. The average Bonchev–Trinajstić information content (AvgIpc) is 3.44. The molecule has 1 atom stereocenters. The van der Waals surface area contributed by atoms with E-state index in [-0.39, 0.29) is 5.41 Å². The van der Waals surface area contributed by atoms with Crippen molar-refractivity contribution in [2.75, 3.05) is 13.1 Å². The minimum Gasteiger partial charge on any atom is -0.366 e. The third-order valence-corrected chi connectivity index (χ3v) is 7.06. The second kappa shape index (κ2) is 7.30. The van der Waals surface area contributed by atoms with E-state index in [0.717, 1.165) is 30.1 Å². The maximum Gasteiger partial charge on any atom is 0.250 e. The zero-order valence-corrected chi connectivity index (χ0v) is 16.7. The number of carbonyl (C=O) groups is 1. The van der Waals surface area contributed by atoms with Crippen LogP contribution in [0.15, 0.2) is 48.7 Å². The summed E-state index contributed by atoms with van der Waals surface area (Å²) in [6.07, 6.45) is 9.93. The van der Waals surface area contributed by atoms with Crippen molar-refractivity contribution in [3.8, 4) is 5.69 Å². The zero-order chi connectivity index (χ0) is 19.8. The minimum atomic E-state index is -0.445. The van der Waals surface area contributed by atoms with Gasteiger partial charge in [0.25, 0.3) is 5.91 Å². The van der Waals surface area contributed by atoms with Crippen LogP contribution < -0.4 is 11.1 Å². The zero-order valence-electron chi connectivity index (χ0n) is 16.7. The predicted molar refractivity (Wildman–Crippen MR) is 115 cm³/mol. The summed E-state index contributed by atoms with van der Waals surface area (Å²) in [7, 11) is 0. The van der Waals surface area contributed by atoms with Crippen molar-refractivity contribution in [1.29, 1.82) is 0 Å². The molecule has 2 fully saturated rings. The van der Waals surface area contributed by atoms with Crippen LogP contribution in [0.5, 0.6) is 0 Å². The number of aromatic nitrogens is 2. The summed E-state index contributed by atoms with van der Waals surface area (Å²) in [6.45, 7) is 2.22. The minimum absolute atomic E-state index is 0.265. The maximum absolute atomic E-state index is 11.7. The van der Waals surface area contributed by atoms with Crippen LogP contribution in [0.2, 0.25) is 0 Å². The number of hydrogen-bond acceptors (Lipinski definition) is 3. The van der Waals surface area contributed by atoms with Crippen molar-refractivity contribution >= 4 is 16.8 Å². The van der Waals surface area contributed by atoms with E-state index < -0.39 is 5.91 Å². The summed E-state index contributed by atoms with van der Waals surface area (Å²) in [5.41, 5.74) is 9.35. The van der Waals surface area contributed by atoms with Gasteiger partial charge in [-0.3, -0.25) is 4.79 Å². The number of nitrogens with two attached hydrogens (primary N) is 1. The lowest BCUT2D eigenvalue weighted by Gasteiger charge is -2.43. The second-order valence-corrected chi connectivity index (χ2v) is 8.65. The van der Waals surface area contributed by atoms with Crippen LogP contribution >= 0.6 is 0 Å². The Morgan fingerprint density at radius 2 is 1.90 bits per heavy atom. The highest BCUT2D eigenvalue weighted by molar-refractivity contribution is 6.04. The van der Waals surface area contributed by atoms with Crippen molar-refractivity contribution in [3.05, 3.63) is 59.8 Å². The first-order chi connectivity index (χ1) is 14.2. The number of benzene rings is 2. The van der Waals surface area contributed by atoms with Crippen LogP contribution in [0.25, 0.3) is 16.6 Å². The topological polar surface area (TPSA) is 72.9 Å². The van der Waals surface area contributed by atoms with Crippen LogP contribution in [-0.4, -0.2) is 28.8 Å². The van der Waals surface area contributed by atoms with Gasteiger partial charge in [0.05, 0.1) is 11.3 Å². The highest BCUT2D eigenvalue weighted by Crippen LogP contribution is 2.46. The van der Waals surface area contributed by atoms with E-state index in [1.807, 2.05) is 23.0 Å². The summed E-state index contributed by atoms with van der Waals surface area (Å²) < 4.78 is 1.85. The number of piperidine rings is 1. The van der Waals surface area contributed by atoms with E-state index in [1.54, 1.807) is 6.07 Å². The van der Waals surface area contributed by atoms with Crippen LogP contribution in [0.3, 0.4) is 0 Å². The molecule has 1 aliphatic heterocycles. The van der Waals surface area contributed by atoms with Gasteiger partial charge in [-0.25, -0.2) is 4.68 Å². The molecule has 1 amide bonds. The number of amides is 1. The number of nitrogens with one attached hydrogen (secondary N) is 1. The Balaban J connectivity index is 1.50. The predicted octanol–water partition coefficient (Wildman–Crippen LogP) is 3.94. The largest absolute Gasteiger partial charge is 0.366 e. The molecule has 1 saturated heterocycles. The van der Waals surface area contributed by atoms with Crippen LogP contribution in [0.4, 0.5) is 0 Å². The van der Waals surface area contributed by atoms with Crippen LogP contribution in [-0.2, 0) is 5.41 Å². The van der Waals surface area contributed by atoms with Crippen molar-refractivity contribution in [1.82, 2.24) is 15.1 Å². The Morgan fingerprint density at radius 3 is 2.59 bits per heavy atom. The molecule has 1 aromatic heterocycles. The first-order valence-electron chi connectivity index (χ1n) is 10.8. The van der Waals surface area contributed by atoms with Crippen LogP contribution in [0, 0.1) is 5.92 Å². The second-order valence-electron chi connectivity index (χ2n) is 8.65. The van der Waals surface area contributed by atoms with Crippen molar-refractivity contribution in [2.45, 2.75) is 43.9 Å². The fourth-order valence-corrected chi connectivity index (χ4v) is 5.56.